The number of hydrogen-bond acceptors (Lipinski definition) is 4. The highest BCUT2D eigenvalue weighted by atomic mass is 32.2. The molecule has 1 aromatic carbocycles. The molecule has 1 heterocycles. The van der Waals surface area contributed by atoms with E-state index in [1.807, 2.05) is 23.6 Å². The van der Waals surface area contributed by atoms with Crippen LogP contribution < -0.4 is 4.18 Å². The number of carbonyl (C=O) groups excluding carboxylic acids is 1. The molecular weight excluding hydrogens is 264 g/mol. The average Bonchev–Trinajstić information content (AvgIpc) is 2.86. The highest BCUT2D eigenvalue weighted by Gasteiger charge is 2.05. The Kier molecular flexibility index (Phi) is 4.84. The smallest absolute Gasteiger partial charge is 0.163 e. The van der Waals surface area contributed by atoms with Crippen LogP contribution in [0.25, 0.3) is 0 Å². The molecule has 2 nitrogen and oxygen atoms in total. The molecule has 0 aliphatic rings. The fraction of sp³-hybridized carbons (Fsp3) is 0.214. The Hall–Kier alpha value is -1.26. The second-order valence-electron chi connectivity index (χ2n) is 3.83. The summed E-state index contributed by atoms with van der Waals surface area (Å²) in [6.45, 7) is 2.17. The largest absolute Gasteiger partial charge is 0.419 e. The summed E-state index contributed by atoms with van der Waals surface area (Å²) in [7, 11) is 0. The van der Waals surface area contributed by atoms with Crippen LogP contribution in [0.2, 0.25) is 0 Å². The van der Waals surface area contributed by atoms with Crippen LogP contribution in [0.3, 0.4) is 0 Å². The molecule has 0 unspecified atom stereocenters. The molecule has 0 aliphatic heterocycles. The van der Waals surface area contributed by atoms with Crippen molar-refractivity contribution in [2.75, 3.05) is 0 Å². The number of aldehydes is 1. The van der Waals surface area contributed by atoms with Crippen LogP contribution in [-0.4, -0.2) is 6.29 Å². The molecule has 0 aliphatic carbocycles. The van der Waals surface area contributed by atoms with Gasteiger partial charge in [0.25, 0.3) is 0 Å². The van der Waals surface area contributed by atoms with Crippen molar-refractivity contribution >= 4 is 29.7 Å². The number of aryl methyl sites for hydroxylation is 1. The second-order valence-corrected chi connectivity index (χ2v) is 5.58. The van der Waals surface area contributed by atoms with E-state index in [4.69, 9.17) is 4.18 Å². The minimum Gasteiger partial charge on any atom is -0.419 e. The van der Waals surface area contributed by atoms with Crippen LogP contribution in [0.1, 0.15) is 28.6 Å². The van der Waals surface area contributed by atoms with Crippen molar-refractivity contribution in [3.63, 3.8) is 0 Å². The Morgan fingerprint density at radius 2 is 2.06 bits per heavy atom. The van der Waals surface area contributed by atoms with Crippen LogP contribution in [-0.2, 0) is 6.42 Å². The lowest BCUT2D eigenvalue weighted by atomic mass is 10.1. The van der Waals surface area contributed by atoms with Gasteiger partial charge < -0.3 is 4.18 Å². The lowest BCUT2D eigenvalue weighted by molar-refractivity contribution is 0.112. The first-order valence-electron chi connectivity index (χ1n) is 5.79. The van der Waals surface area contributed by atoms with Crippen molar-refractivity contribution in [1.82, 2.24) is 0 Å². The van der Waals surface area contributed by atoms with Crippen molar-refractivity contribution in [2.45, 2.75) is 24.7 Å². The van der Waals surface area contributed by atoms with E-state index in [9.17, 15) is 4.79 Å². The molecule has 0 atom stereocenters. The SMILES string of the molecule is CCCc1ccc(SOc2ccsc2C=O)cc1. The van der Waals surface area contributed by atoms with Gasteiger partial charge in [0, 0.05) is 4.90 Å². The normalized spacial score (nSPS) is 10.3. The number of thiophene rings is 1. The quantitative estimate of drug-likeness (QED) is 0.570. The van der Waals surface area contributed by atoms with E-state index in [1.54, 1.807) is 0 Å². The van der Waals surface area contributed by atoms with Gasteiger partial charge >= 0.3 is 0 Å². The van der Waals surface area contributed by atoms with Gasteiger partial charge in [-0.15, -0.1) is 11.3 Å². The zero-order chi connectivity index (χ0) is 12.8. The molecule has 94 valence electrons. The summed E-state index contributed by atoms with van der Waals surface area (Å²) in [5.74, 6) is 0.637. The Labute approximate surface area is 115 Å². The predicted octanol–water partition coefficient (Wildman–Crippen LogP) is 4.60. The average molecular weight is 278 g/mol. The van der Waals surface area contributed by atoms with Crippen molar-refractivity contribution < 1.29 is 8.98 Å². The van der Waals surface area contributed by atoms with Gasteiger partial charge in [-0.05, 0) is 35.6 Å². The van der Waals surface area contributed by atoms with E-state index in [2.05, 4.69) is 19.1 Å². The third kappa shape index (κ3) is 3.37. The summed E-state index contributed by atoms with van der Waals surface area (Å²) in [6, 6.07) is 10.1. The second kappa shape index (κ2) is 6.61. The highest BCUT2D eigenvalue weighted by molar-refractivity contribution is 7.95. The van der Waals surface area contributed by atoms with Gasteiger partial charge in [0.05, 0.1) is 12.0 Å². The van der Waals surface area contributed by atoms with Gasteiger partial charge in [-0.25, -0.2) is 0 Å². The number of rotatable bonds is 6. The number of benzene rings is 1. The maximum Gasteiger partial charge on any atom is 0.163 e. The maximum atomic E-state index is 10.7. The topological polar surface area (TPSA) is 26.3 Å². The summed E-state index contributed by atoms with van der Waals surface area (Å²) in [5.41, 5.74) is 1.34. The van der Waals surface area contributed by atoms with Gasteiger partial charge in [0.2, 0.25) is 0 Å². The molecule has 0 saturated carbocycles. The zero-order valence-electron chi connectivity index (χ0n) is 10.1. The number of carbonyl (C=O) groups is 1. The first-order valence-corrected chi connectivity index (χ1v) is 7.41. The molecule has 2 aromatic rings. The molecule has 0 radical (unpaired) electrons. The first-order chi connectivity index (χ1) is 8.83. The van der Waals surface area contributed by atoms with Crippen LogP contribution in [0.15, 0.2) is 40.6 Å². The number of hydrogen-bond donors (Lipinski definition) is 0. The minimum atomic E-state index is 0.630. The maximum absolute atomic E-state index is 10.7. The molecule has 4 heteroatoms. The van der Waals surface area contributed by atoms with Crippen molar-refractivity contribution in [3.8, 4) is 5.75 Å². The molecule has 0 spiro atoms. The molecule has 0 bridgehead atoms. The highest BCUT2D eigenvalue weighted by Crippen LogP contribution is 2.29. The van der Waals surface area contributed by atoms with Crippen LogP contribution in [0, 0.1) is 0 Å². The molecule has 0 N–H and O–H groups in total. The zero-order valence-corrected chi connectivity index (χ0v) is 11.7. The van der Waals surface area contributed by atoms with Crippen molar-refractivity contribution in [2.24, 2.45) is 0 Å². The van der Waals surface area contributed by atoms with Crippen molar-refractivity contribution in [3.05, 3.63) is 46.2 Å². The summed E-state index contributed by atoms with van der Waals surface area (Å²) < 4.78 is 5.55. The van der Waals surface area contributed by atoms with E-state index in [1.165, 1.54) is 28.9 Å². The van der Waals surface area contributed by atoms with Gasteiger partial charge in [-0.2, -0.15) is 0 Å². The molecule has 0 fully saturated rings. The lowest BCUT2D eigenvalue weighted by Crippen LogP contribution is -1.85. The Morgan fingerprint density at radius 3 is 2.72 bits per heavy atom. The van der Waals surface area contributed by atoms with Gasteiger partial charge in [-0.3, -0.25) is 4.79 Å². The Bertz CT molecular complexity index is 503. The van der Waals surface area contributed by atoms with E-state index in [0.717, 1.165) is 24.0 Å². The predicted molar refractivity (Wildman–Crippen MR) is 76.6 cm³/mol. The van der Waals surface area contributed by atoms with E-state index in [0.29, 0.717) is 10.6 Å². The third-order valence-corrected chi connectivity index (χ3v) is 4.01. The van der Waals surface area contributed by atoms with Crippen molar-refractivity contribution in [1.29, 1.82) is 0 Å². The molecule has 0 saturated heterocycles. The van der Waals surface area contributed by atoms with E-state index >= 15 is 0 Å². The fourth-order valence-corrected chi connectivity index (χ4v) is 2.81. The molecular formula is C14H14O2S2. The minimum absolute atomic E-state index is 0.630. The van der Waals surface area contributed by atoms with Gasteiger partial charge in [0.1, 0.15) is 4.88 Å². The molecule has 1 aromatic heterocycles. The summed E-state index contributed by atoms with van der Waals surface area (Å²) in [6.07, 6.45) is 3.08. The summed E-state index contributed by atoms with van der Waals surface area (Å²) in [4.78, 5) is 12.4. The fourth-order valence-electron chi connectivity index (χ4n) is 1.56. The standard InChI is InChI=1S/C14H14O2S2/c1-2-3-11-4-6-12(7-5-11)18-16-13-8-9-17-14(13)10-15/h4-10H,2-3H2,1H3. The van der Waals surface area contributed by atoms with Gasteiger partial charge in [-0.1, -0.05) is 25.5 Å². The third-order valence-electron chi connectivity index (χ3n) is 2.45. The molecule has 2 rings (SSSR count). The van der Waals surface area contributed by atoms with Crippen LogP contribution in [0.5, 0.6) is 5.75 Å². The van der Waals surface area contributed by atoms with E-state index in [-0.39, 0.29) is 0 Å². The van der Waals surface area contributed by atoms with Crippen LogP contribution >= 0.6 is 23.4 Å². The van der Waals surface area contributed by atoms with E-state index < -0.39 is 0 Å². The van der Waals surface area contributed by atoms with Gasteiger partial charge in [0.15, 0.2) is 12.0 Å². The monoisotopic (exact) mass is 278 g/mol. The summed E-state index contributed by atoms with van der Waals surface area (Å²) in [5, 5.41) is 1.85. The summed E-state index contributed by atoms with van der Waals surface area (Å²) >= 11 is 2.67. The van der Waals surface area contributed by atoms with Crippen LogP contribution in [0.4, 0.5) is 0 Å². The Morgan fingerprint density at radius 1 is 1.28 bits per heavy atom. The molecule has 0 amide bonds. The lowest BCUT2D eigenvalue weighted by Gasteiger charge is -2.04. The first kappa shape index (κ1) is 13.2. The Balaban J connectivity index is 1.95. The molecule has 18 heavy (non-hydrogen) atoms.